The minimum Gasteiger partial charge on any atom is -0.478 e. The van der Waals surface area contributed by atoms with Crippen molar-refractivity contribution in [3.05, 3.63) is 29.3 Å². The van der Waals surface area contributed by atoms with Crippen molar-refractivity contribution in [3.8, 4) is 0 Å². The number of urea groups is 1. The molecule has 1 aliphatic carbocycles. The molecule has 0 unspecified atom stereocenters. The molecular weight excluding hydrogens is 289 g/mol. The van der Waals surface area contributed by atoms with Crippen LogP contribution in [0.4, 0.5) is 23.7 Å². The maximum atomic E-state index is 12.6. The first-order chi connectivity index (χ1) is 9.77. The minimum atomic E-state index is -4.61. The molecular formula is C13H13F3N2O3. The van der Waals surface area contributed by atoms with Crippen LogP contribution in [0.2, 0.25) is 0 Å². The second kappa shape index (κ2) is 5.63. The summed E-state index contributed by atoms with van der Waals surface area (Å²) in [6.07, 6.45) is -2.02. The van der Waals surface area contributed by atoms with Crippen molar-refractivity contribution >= 4 is 17.7 Å². The van der Waals surface area contributed by atoms with Crippen LogP contribution in [0.5, 0.6) is 0 Å². The molecule has 2 rings (SSSR count). The first-order valence-corrected chi connectivity index (χ1v) is 6.29. The highest BCUT2D eigenvalue weighted by Crippen LogP contribution is 2.32. The Morgan fingerprint density at radius 2 is 1.90 bits per heavy atom. The van der Waals surface area contributed by atoms with E-state index in [-0.39, 0.29) is 11.7 Å². The van der Waals surface area contributed by atoms with Crippen molar-refractivity contribution in [1.29, 1.82) is 0 Å². The number of carboxylic acid groups (broad SMARTS) is 1. The molecule has 114 valence electrons. The van der Waals surface area contributed by atoms with Gasteiger partial charge >= 0.3 is 18.2 Å². The maximum Gasteiger partial charge on any atom is 0.416 e. The summed E-state index contributed by atoms with van der Waals surface area (Å²) in [5, 5.41) is 13.7. The van der Waals surface area contributed by atoms with Crippen molar-refractivity contribution in [2.75, 3.05) is 5.32 Å². The summed E-state index contributed by atoms with van der Waals surface area (Å²) in [6, 6.07) is 1.39. The van der Waals surface area contributed by atoms with Gasteiger partial charge in [-0.15, -0.1) is 0 Å². The van der Waals surface area contributed by atoms with Crippen molar-refractivity contribution in [3.63, 3.8) is 0 Å². The Kier molecular flexibility index (Phi) is 4.06. The number of benzene rings is 1. The zero-order valence-electron chi connectivity index (χ0n) is 10.8. The van der Waals surface area contributed by atoms with Gasteiger partial charge in [0.15, 0.2) is 0 Å². The van der Waals surface area contributed by atoms with Gasteiger partial charge in [-0.1, -0.05) is 0 Å². The Bertz CT molecular complexity index is 568. The summed E-state index contributed by atoms with van der Waals surface area (Å²) >= 11 is 0. The van der Waals surface area contributed by atoms with Gasteiger partial charge in [0.2, 0.25) is 0 Å². The number of hydrogen-bond donors (Lipinski definition) is 3. The van der Waals surface area contributed by atoms with Crippen LogP contribution in [0.15, 0.2) is 18.2 Å². The number of halogens is 3. The number of rotatable bonds is 3. The van der Waals surface area contributed by atoms with E-state index < -0.39 is 29.3 Å². The van der Waals surface area contributed by atoms with Gasteiger partial charge in [0.25, 0.3) is 0 Å². The van der Waals surface area contributed by atoms with Crippen LogP contribution in [0.25, 0.3) is 0 Å². The molecule has 3 N–H and O–H groups in total. The minimum absolute atomic E-state index is 0.0101. The van der Waals surface area contributed by atoms with E-state index in [1.807, 2.05) is 0 Å². The third-order valence-corrected chi connectivity index (χ3v) is 3.27. The van der Waals surface area contributed by atoms with Crippen LogP contribution in [-0.4, -0.2) is 23.1 Å². The quantitative estimate of drug-likeness (QED) is 0.803. The van der Waals surface area contributed by atoms with E-state index in [0.29, 0.717) is 12.1 Å². The summed E-state index contributed by atoms with van der Waals surface area (Å²) in [5.74, 6) is -1.41. The van der Waals surface area contributed by atoms with E-state index in [2.05, 4.69) is 10.6 Å². The molecule has 8 heteroatoms. The van der Waals surface area contributed by atoms with E-state index in [1.165, 1.54) is 0 Å². The molecule has 0 spiro atoms. The van der Waals surface area contributed by atoms with E-state index in [1.54, 1.807) is 0 Å². The number of anilines is 1. The number of amides is 2. The number of carbonyl (C=O) groups excluding carboxylic acids is 1. The number of carbonyl (C=O) groups is 2. The van der Waals surface area contributed by atoms with Crippen LogP contribution in [-0.2, 0) is 6.18 Å². The molecule has 1 aliphatic rings. The molecule has 0 atom stereocenters. The van der Waals surface area contributed by atoms with Gasteiger partial charge in [0, 0.05) is 6.04 Å². The lowest BCUT2D eigenvalue weighted by molar-refractivity contribution is -0.137. The summed E-state index contributed by atoms with van der Waals surface area (Å²) in [6.45, 7) is 0. The summed E-state index contributed by atoms with van der Waals surface area (Å²) in [7, 11) is 0. The molecule has 0 saturated heterocycles. The Labute approximate surface area is 118 Å². The van der Waals surface area contributed by atoms with Crippen LogP contribution in [0.1, 0.15) is 35.2 Å². The molecule has 1 aromatic carbocycles. The fourth-order valence-electron chi connectivity index (χ4n) is 1.91. The van der Waals surface area contributed by atoms with Gasteiger partial charge in [-0.05, 0) is 37.5 Å². The average molecular weight is 302 g/mol. The second-order valence-corrected chi connectivity index (χ2v) is 4.79. The number of alkyl halides is 3. The summed E-state index contributed by atoms with van der Waals surface area (Å²) < 4.78 is 37.9. The predicted molar refractivity (Wildman–Crippen MR) is 68.2 cm³/mol. The van der Waals surface area contributed by atoms with E-state index in [4.69, 9.17) is 5.11 Å². The monoisotopic (exact) mass is 302 g/mol. The number of aromatic carboxylic acids is 1. The second-order valence-electron chi connectivity index (χ2n) is 4.79. The first-order valence-electron chi connectivity index (χ1n) is 6.29. The summed E-state index contributed by atoms with van der Waals surface area (Å²) in [5.41, 5.74) is -1.80. The zero-order chi connectivity index (χ0) is 15.6. The molecule has 1 saturated carbocycles. The lowest BCUT2D eigenvalue weighted by Gasteiger charge is -2.26. The molecule has 1 aromatic rings. The lowest BCUT2D eigenvalue weighted by Crippen LogP contribution is -2.42. The van der Waals surface area contributed by atoms with E-state index >= 15 is 0 Å². The Hall–Kier alpha value is -2.25. The van der Waals surface area contributed by atoms with E-state index in [9.17, 15) is 22.8 Å². The van der Waals surface area contributed by atoms with E-state index in [0.717, 1.165) is 25.3 Å². The van der Waals surface area contributed by atoms with Crippen LogP contribution < -0.4 is 10.6 Å². The Morgan fingerprint density at radius 1 is 1.24 bits per heavy atom. The van der Waals surface area contributed by atoms with Gasteiger partial charge in [-0.3, -0.25) is 0 Å². The predicted octanol–water partition coefficient (Wildman–Crippen LogP) is 3.08. The van der Waals surface area contributed by atoms with Crippen LogP contribution >= 0.6 is 0 Å². The molecule has 0 aliphatic heterocycles. The zero-order valence-corrected chi connectivity index (χ0v) is 10.8. The fraction of sp³-hybridized carbons (Fsp3) is 0.385. The largest absolute Gasteiger partial charge is 0.478 e. The topological polar surface area (TPSA) is 78.4 Å². The molecule has 0 bridgehead atoms. The van der Waals surface area contributed by atoms with Gasteiger partial charge in [0.1, 0.15) is 0 Å². The standard InChI is InChI=1S/C13H13F3N2O3/c14-13(15,16)7-4-5-9(11(19)20)10(6-7)18-12(21)17-8-2-1-3-8/h4-6,8H,1-3H2,(H,19,20)(H2,17,18,21). The Morgan fingerprint density at radius 3 is 2.38 bits per heavy atom. The maximum absolute atomic E-state index is 12.6. The van der Waals surface area contributed by atoms with Crippen molar-refractivity contribution in [2.24, 2.45) is 0 Å². The third-order valence-electron chi connectivity index (χ3n) is 3.27. The molecule has 1 fully saturated rings. The molecule has 0 aromatic heterocycles. The van der Waals surface area contributed by atoms with Crippen molar-refractivity contribution in [1.82, 2.24) is 5.32 Å². The molecule has 21 heavy (non-hydrogen) atoms. The number of carboxylic acids is 1. The van der Waals surface area contributed by atoms with Crippen LogP contribution in [0.3, 0.4) is 0 Å². The average Bonchev–Trinajstić information content (AvgIpc) is 2.32. The van der Waals surface area contributed by atoms with Gasteiger partial charge < -0.3 is 15.7 Å². The SMILES string of the molecule is O=C(Nc1cc(C(F)(F)F)ccc1C(=O)O)NC1CCC1. The first kappa shape index (κ1) is 15.1. The normalized spacial score (nSPS) is 15.2. The smallest absolute Gasteiger partial charge is 0.416 e. The fourth-order valence-corrected chi connectivity index (χ4v) is 1.91. The lowest BCUT2D eigenvalue weighted by atomic mass is 9.93. The summed E-state index contributed by atoms with van der Waals surface area (Å²) in [4.78, 5) is 22.7. The van der Waals surface area contributed by atoms with Crippen molar-refractivity contribution < 1.29 is 27.9 Å². The molecule has 2 amide bonds. The number of hydrogen-bond acceptors (Lipinski definition) is 2. The van der Waals surface area contributed by atoms with Crippen molar-refractivity contribution in [2.45, 2.75) is 31.5 Å². The highest BCUT2D eigenvalue weighted by Gasteiger charge is 2.32. The molecule has 0 heterocycles. The van der Waals surface area contributed by atoms with Gasteiger partial charge in [-0.2, -0.15) is 13.2 Å². The Balaban J connectivity index is 2.21. The van der Waals surface area contributed by atoms with Crippen LogP contribution in [0, 0.1) is 0 Å². The molecule has 5 nitrogen and oxygen atoms in total. The number of nitrogens with one attached hydrogen (secondary N) is 2. The third kappa shape index (κ3) is 3.65. The van der Waals surface area contributed by atoms with Gasteiger partial charge in [0.05, 0.1) is 16.8 Å². The van der Waals surface area contributed by atoms with Gasteiger partial charge in [-0.25, -0.2) is 9.59 Å². The molecule has 0 radical (unpaired) electrons. The highest BCUT2D eigenvalue weighted by atomic mass is 19.4. The highest BCUT2D eigenvalue weighted by molar-refractivity contribution is 6.00.